The molecule has 3 heterocycles. The summed E-state index contributed by atoms with van der Waals surface area (Å²) in [7, 11) is 0. The Hall–Kier alpha value is -2.67. The summed E-state index contributed by atoms with van der Waals surface area (Å²) in [6.45, 7) is 4.68. The fraction of sp³-hybridized carbons (Fsp3) is 0.389. The molecular weight excluding hydrogens is 318 g/mol. The molecule has 7 heteroatoms. The number of nitrogens with one attached hydrogen (secondary N) is 1. The third kappa shape index (κ3) is 3.56. The lowest BCUT2D eigenvalue weighted by atomic mass is 10.1. The van der Waals surface area contributed by atoms with Crippen molar-refractivity contribution in [1.29, 1.82) is 0 Å². The van der Waals surface area contributed by atoms with Gasteiger partial charge in [0.2, 0.25) is 0 Å². The van der Waals surface area contributed by atoms with Gasteiger partial charge in [0.05, 0.1) is 19.3 Å². The summed E-state index contributed by atoms with van der Waals surface area (Å²) in [5.41, 5.74) is 1.88. The molecule has 4 rings (SSSR count). The first-order valence-corrected chi connectivity index (χ1v) is 8.56. The average molecular weight is 339 g/mol. The summed E-state index contributed by atoms with van der Waals surface area (Å²) in [4.78, 5) is 16.7. The summed E-state index contributed by atoms with van der Waals surface area (Å²) < 4.78 is 5.37. The number of nitrogens with zero attached hydrogens (tertiary/aromatic N) is 4. The zero-order valence-corrected chi connectivity index (χ0v) is 14.0. The molecule has 1 N–H and O–H groups in total. The number of likely N-dealkylation sites (tertiary alicyclic amines) is 1. The monoisotopic (exact) mass is 339 g/mol. The van der Waals surface area contributed by atoms with E-state index in [4.69, 9.17) is 4.74 Å². The van der Waals surface area contributed by atoms with Crippen molar-refractivity contribution < 1.29 is 9.53 Å². The van der Waals surface area contributed by atoms with Crippen molar-refractivity contribution in [2.24, 2.45) is 0 Å². The largest absolute Gasteiger partial charge is 0.378 e. The standard InChI is InChI=1S/C18H21N5O2/c24-18(23-12-15(13-23)20-17-2-1-7-19-21-17)14-3-5-16(6-4-14)22-8-10-25-11-9-22/h1-7,15H,8-13H2,(H,20,21). The molecule has 0 unspecified atom stereocenters. The molecule has 1 aromatic carbocycles. The van der Waals surface area contributed by atoms with Gasteiger partial charge in [-0.3, -0.25) is 4.79 Å². The third-order valence-electron chi connectivity index (χ3n) is 4.58. The number of rotatable bonds is 4. The van der Waals surface area contributed by atoms with Gasteiger partial charge in [0.15, 0.2) is 0 Å². The van der Waals surface area contributed by atoms with Crippen LogP contribution in [0.1, 0.15) is 10.4 Å². The first-order valence-electron chi connectivity index (χ1n) is 8.56. The van der Waals surface area contributed by atoms with Gasteiger partial charge in [-0.15, -0.1) is 5.10 Å². The van der Waals surface area contributed by atoms with Gasteiger partial charge in [0.1, 0.15) is 5.82 Å². The number of benzene rings is 1. The van der Waals surface area contributed by atoms with Crippen molar-refractivity contribution in [3.63, 3.8) is 0 Å². The Morgan fingerprint density at radius 2 is 1.88 bits per heavy atom. The molecular formula is C18H21N5O2. The zero-order valence-electron chi connectivity index (χ0n) is 14.0. The van der Waals surface area contributed by atoms with Crippen LogP contribution < -0.4 is 10.2 Å². The molecule has 2 aromatic rings. The Balaban J connectivity index is 1.31. The van der Waals surface area contributed by atoms with Crippen LogP contribution in [0.4, 0.5) is 11.5 Å². The molecule has 2 aliphatic heterocycles. The second kappa shape index (κ2) is 7.06. The molecule has 0 spiro atoms. The fourth-order valence-corrected chi connectivity index (χ4v) is 3.14. The molecule has 2 aliphatic rings. The minimum Gasteiger partial charge on any atom is -0.378 e. The lowest BCUT2D eigenvalue weighted by Gasteiger charge is -2.39. The Bertz CT molecular complexity index is 710. The SMILES string of the molecule is O=C(c1ccc(N2CCOCC2)cc1)N1CC(Nc2cccnn2)C1. The quantitative estimate of drug-likeness (QED) is 0.904. The molecule has 2 saturated heterocycles. The minimum absolute atomic E-state index is 0.0747. The third-order valence-corrected chi connectivity index (χ3v) is 4.58. The van der Waals surface area contributed by atoms with E-state index in [-0.39, 0.29) is 11.9 Å². The van der Waals surface area contributed by atoms with E-state index in [0.29, 0.717) is 13.1 Å². The first kappa shape index (κ1) is 15.8. The predicted molar refractivity (Wildman–Crippen MR) is 94.8 cm³/mol. The Morgan fingerprint density at radius 3 is 2.56 bits per heavy atom. The minimum atomic E-state index is 0.0747. The number of carbonyl (C=O) groups is 1. The Labute approximate surface area is 146 Å². The van der Waals surface area contributed by atoms with Crippen molar-refractivity contribution in [3.05, 3.63) is 48.2 Å². The van der Waals surface area contributed by atoms with Crippen LogP contribution >= 0.6 is 0 Å². The molecule has 0 saturated carbocycles. The highest BCUT2D eigenvalue weighted by Gasteiger charge is 2.31. The normalized spacial score (nSPS) is 17.9. The van der Waals surface area contributed by atoms with Crippen molar-refractivity contribution in [2.45, 2.75) is 6.04 Å². The van der Waals surface area contributed by atoms with Crippen LogP contribution in [0.25, 0.3) is 0 Å². The number of aromatic nitrogens is 2. The van der Waals surface area contributed by atoms with Gasteiger partial charge in [-0.2, -0.15) is 5.10 Å². The van der Waals surface area contributed by atoms with Crippen LogP contribution in [-0.2, 0) is 4.74 Å². The van der Waals surface area contributed by atoms with Crippen LogP contribution in [-0.4, -0.2) is 66.4 Å². The fourth-order valence-electron chi connectivity index (χ4n) is 3.14. The molecule has 0 aliphatic carbocycles. The number of anilines is 2. The average Bonchev–Trinajstić information content (AvgIpc) is 2.65. The topological polar surface area (TPSA) is 70.6 Å². The number of ether oxygens (including phenoxy) is 1. The number of hydrogen-bond donors (Lipinski definition) is 1. The van der Waals surface area contributed by atoms with E-state index in [1.165, 1.54) is 0 Å². The van der Waals surface area contributed by atoms with Crippen LogP contribution in [0.15, 0.2) is 42.6 Å². The van der Waals surface area contributed by atoms with Crippen molar-refractivity contribution in [1.82, 2.24) is 15.1 Å². The number of morpholine rings is 1. The maximum atomic E-state index is 12.5. The smallest absolute Gasteiger partial charge is 0.253 e. The maximum Gasteiger partial charge on any atom is 0.253 e. The molecule has 25 heavy (non-hydrogen) atoms. The van der Waals surface area contributed by atoms with Crippen LogP contribution in [0.3, 0.4) is 0 Å². The van der Waals surface area contributed by atoms with E-state index in [1.807, 2.05) is 41.3 Å². The number of hydrogen-bond acceptors (Lipinski definition) is 6. The van der Waals surface area contributed by atoms with Gasteiger partial charge < -0.3 is 19.9 Å². The lowest BCUT2D eigenvalue weighted by molar-refractivity contribution is 0.0625. The van der Waals surface area contributed by atoms with Crippen molar-refractivity contribution in [3.8, 4) is 0 Å². The van der Waals surface area contributed by atoms with E-state index in [1.54, 1.807) is 6.20 Å². The lowest BCUT2D eigenvalue weighted by Crippen LogP contribution is -2.57. The summed E-state index contributed by atoms with van der Waals surface area (Å²) in [5, 5.41) is 11.1. The second-order valence-corrected chi connectivity index (χ2v) is 6.31. The summed E-state index contributed by atoms with van der Waals surface area (Å²) in [6, 6.07) is 11.8. The molecule has 0 bridgehead atoms. The molecule has 0 atom stereocenters. The summed E-state index contributed by atoms with van der Waals surface area (Å²) in [6.07, 6.45) is 1.64. The van der Waals surface area contributed by atoms with E-state index >= 15 is 0 Å². The van der Waals surface area contributed by atoms with Crippen molar-refractivity contribution >= 4 is 17.4 Å². The maximum absolute atomic E-state index is 12.5. The highest BCUT2D eigenvalue weighted by atomic mass is 16.5. The highest BCUT2D eigenvalue weighted by Crippen LogP contribution is 2.20. The zero-order chi connectivity index (χ0) is 17.1. The van der Waals surface area contributed by atoms with E-state index in [2.05, 4.69) is 20.4 Å². The molecule has 2 fully saturated rings. The van der Waals surface area contributed by atoms with Gasteiger partial charge in [-0.25, -0.2) is 0 Å². The van der Waals surface area contributed by atoms with Crippen molar-refractivity contribution in [2.75, 3.05) is 49.6 Å². The van der Waals surface area contributed by atoms with Crippen LogP contribution in [0, 0.1) is 0 Å². The van der Waals surface area contributed by atoms with Gasteiger partial charge in [0.25, 0.3) is 5.91 Å². The number of carbonyl (C=O) groups excluding carboxylic acids is 1. The molecule has 1 aromatic heterocycles. The van der Waals surface area contributed by atoms with E-state index in [9.17, 15) is 4.79 Å². The molecule has 1 amide bonds. The summed E-state index contributed by atoms with van der Waals surface area (Å²) in [5.74, 6) is 0.820. The predicted octanol–water partition coefficient (Wildman–Crippen LogP) is 1.25. The Kier molecular flexibility index (Phi) is 4.47. The van der Waals surface area contributed by atoms with Crippen LogP contribution in [0.5, 0.6) is 0 Å². The van der Waals surface area contributed by atoms with Gasteiger partial charge in [-0.1, -0.05) is 0 Å². The second-order valence-electron chi connectivity index (χ2n) is 6.31. The van der Waals surface area contributed by atoms with Gasteiger partial charge in [0, 0.05) is 43.6 Å². The highest BCUT2D eigenvalue weighted by molar-refractivity contribution is 5.95. The Morgan fingerprint density at radius 1 is 1.12 bits per heavy atom. The molecule has 7 nitrogen and oxygen atoms in total. The molecule has 130 valence electrons. The van der Waals surface area contributed by atoms with E-state index in [0.717, 1.165) is 43.4 Å². The van der Waals surface area contributed by atoms with Gasteiger partial charge in [-0.05, 0) is 36.4 Å². The van der Waals surface area contributed by atoms with Gasteiger partial charge >= 0.3 is 0 Å². The van der Waals surface area contributed by atoms with Crippen LogP contribution in [0.2, 0.25) is 0 Å². The van der Waals surface area contributed by atoms with E-state index < -0.39 is 0 Å². The summed E-state index contributed by atoms with van der Waals surface area (Å²) >= 11 is 0. The molecule has 0 radical (unpaired) electrons. The number of amides is 1. The first-order chi connectivity index (χ1) is 12.3.